The average Bonchev–Trinajstić information content (AvgIpc) is 2.91. The lowest BCUT2D eigenvalue weighted by Gasteiger charge is -2.20. The van der Waals surface area contributed by atoms with E-state index in [2.05, 4.69) is 0 Å². The minimum Gasteiger partial charge on any atom is -0.478 e. The maximum atomic E-state index is 10.2. The molecule has 3 rings (SSSR count). The van der Waals surface area contributed by atoms with E-state index in [0.29, 0.717) is 16.7 Å². The average molecular weight is 487 g/mol. The lowest BCUT2D eigenvalue weighted by molar-refractivity contribution is 0.0200. The molecule has 9 nitrogen and oxygen atoms in total. The van der Waals surface area contributed by atoms with Crippen LogP contribution in [-0.4, -0.2) is 68.4 Å². The van der Waals surface area contributed by atoms with Gasteiger partial charge in [-0.05, 0) is 36.4 Å². The minimum atomic E-state index is -0.879. The zero-order valence-electron chi connectivity index (χ0n) is 19.2. The maximum Gasteiger partial charge on any atom is 0.335 e. The third-order valence-electron chi connectivity index (χ3n) is 4.21. The standard InChI is InChI=1S/3C7H6O2.C5H12O3/c3*8-7(9)6-4-2-1-3-5-6;1-5(2-6,3-7)4-8/h3*1-5H,(H,8,9);6-8H,2-4H2,1H3. The molecule has 9 heteroatoms. The van der Waals surface area contributed by atoms with Crippen molar-refractivity contribution in [3.05, 3.63) is 108 Å². The Morgan fingerprint density at radius 3 is 0.800 bits per heavy atom. The summed E-state index contributed by atoms with van der Waals surface area (Å²) in [6, 6.07) is 24.9. The number of hydrogen-bond acceptors (Lipinski definition) is 6. The monoisotopic (exact) mass is 486 g/mol. The number of aliphatic hydroxyl groups excluding tert-OH is 3. The Hall–Kier alpha value is -4.05. The summed E-state index contributed by atoms with van der Waals surface area (Å²) in [5.41, 5.74) is 0.285. The molecule has 0 saturated heterocycles. The van der Waals surface area contributed by atoms with E-state index in [4.69, 9.17) is 30.6 Å². The number of rotatable bonds is 6. The van der Waals surface area contributed by atoms with Gasteiger partial charge in [0.15, 0.2) is 0 Å². The number of benzene rings is 3. The second kappa shape index (κ2) is 17.4. The first-order valence-corrected chi connectivity index (χ1v) is 10.3. The smallest absolute Gasteiger partial charge is 0.335 e. The third kappa shape index (κ3) is 14.0. The summed E-state index contributed by atoms with van der Waals surface area (Å²) in [5.74, 6) is -2.64. The van der Waals surface area contributed by atoms with Crippen molar-refractivity contribution < 1.29 is 45.0 Å². The molecule has 0 radical (unpaired) electrons. The quantitative estimate of drug-likeness (QED) is 0.306. The van der Waals surface area contributed by atoms with Crippen LogP contribution in [0.1, 0.15) is 38.0 Å². The van der Waals surface area contributed by atoms with Gasteiger partial charge in [-0.15, -0.1) is 0 Å². The Bertz CT molecular complexity index is 861. The highest BCUT2D eigenvalue weighted by atomic mass is 16.4. The lowest BCUT2D eigenvalue weighted by Crippen LogP contribution is -2.29. The van der Waals surface area contributed by atoms with Crippen molar-refractivity contribution in [3.8, 4) is 0 Å². The molecule has 0 fully saturated rings. The van der Waals surface area contributed by atoms with Gasteiger partial charge in [0.2, 0.25) is 0 Å². The Kier molecular flexibility index (Phi) is 15.4. The zero-order chi connectivity index (χ0) is 26.7. The van der Waals surface area contributed by atoms with Gasteiger partial charge in [0.05, 0.1) is 36.5 Å². The molecule has 0 unspecified atom stereocenters. The van der Waals surface area contributed by atoms with E-state index < -0.39 is 23.3 Å². The number of carboxylic acid groups (broad SMARTS) is 3. The predicted octanol–water partition coefficient (Wildman–Crippen LogP) is 3.12. The van der Waals surface area contributed by atoms with E-state index in [0.717, 1.165) is 0 Å². The number of carbonyl (C=O) groups is 3. The molecule has 0 heterocycles. The van der Waals surface area contributed by atoms with Crippen molar-refractivity contribution in [2.45, 2.75) is 6.92 Å². The lowest BCUT2D eigenvalue weighted by atomic mass is 9.95. The third-order valence-corrected chi connectivity index (χ3v) is 4.21. The summed E-state index contributed by atoms with van der Waals surface area (Å²) in [7, 11) is 0. The molecule has 3 aromatic carbocycles. The van der Waals surface area contributed by atoms with E-state index in [1.54, 1.807) is 97.9 Å². The summed E-state index contributed by atoms with van der Waals surface area (Å²) in [6.07, 6.45) is 0. The largest absolute Gasteiger partial charge is 0.478 e. The van der Waals surface area contributed by atoms with Gasteiger partial charge >= 0.3 is 17.9 Å². The molecule has 188 valence electrons. The van der Waals surface area contributed by atoms with Gasteiger partial charge < -0.3 is 30.6 Å². The highest BCUT2D eigenvalue weighted by Gasteiger charge is 2.20. The number of aliphatic hydroxyl groups is 3. The molecule has 0 bridgehead atoms. The first kappa shape index (κ1) is 31.0. The first-order chi connectivity index (χ1) is 16.6. The molecule has 0 saturated carbocycles. The van der Waals surface area contributed by atoms with Crippen LogP contribution >= 0.6 is 0 Å². The zero-order valence-corrected chi connectivity index (χ0v) is 19.2. The SMILES string of the molecule is CC(CO)(CO)CO.O=C(O)c1ccccc1.O=C(O)c1ccccc1.O=C(O)c1ccccc1. The van der Waals surface area contributed by atoms with Gasteiger partial charge in [-0.25, -0.2) is 14.4 Å². The maximum absolute atomic E-state index is 10.2. The Morgan fingerprint density at radius 1 is 0.514 bits per heavy atom. The molecular weight excluding hydrogens is 456 g/mol. The summed E-state index contributed by atoms with van der Waals surface area (Å²) in [6.45, 7) is 1.06. The van der Waals surface area contributed by atoms with Crippen LogP contribution in [0.4, 0.5) is 0 Å². The molecule has 0 aromatic heterocycles. The van der Waals surface area contributed by atoms with Crippen LogP contribution in [0.3, 0.4) is 0 Å². The Balaban J connectivity index is 0.000000441. The fraction of sp³-hybridized carbons (Fsp3) is 0.192. The summed E-state index contributed by atoms with van der Waals surface area (Å²) in [4.78, 5) is 30.6. The van der Waals surface area contributed by atoms with E-state index in [1.165, 1.54) is 0 Å². The van der Waals surface area contributed by atoms with Gasteiger partial charge in [-0.3, -0.25) is 0 Å². The summed E-state index contributed by atoms with van der Waals surface area (Å²) < 4.78 is 0. The van der Waals surface area contributed by atoms with E-state index in [1.807, 2.05) is 0 Å². The van der Waals surface area contributed by atoms with Gasteiger partial charge in [0, 0.05) is 5.41 Å². The fourth-order valence-corrected chi connectivity index (χ4v) is 1.89. The van der Waals surface area contributed by atoms with Gasteiger partial charge in [-0.2, -0.15) is 0 Å². The van der Waals surface area contributed by atoms with Gasteiger partial charge in [0.25, 0.3) is 0 Å². The fourth-order valence-electron chi connectivity index (χ4n) is 1.89. The highest BCUT2D eigenvalue weighted by molar-refractivity contribution is 5.88. The molecule has 0 amide bonds. The molecule has 0 aliphatic rings. The topological polar surface area (TPSA) is 173 Å². The second-order valence-corrected chi connectivity index (χ2v) is 7.30. The summed E-state index contributed by atoms with van der Waals surface area (Å²) >= 11 is 0. The Labute approximate surface area is 203 Å². The van der Waals surface area contributed by atoms with Crippen LogP contribution in [0.15, 0.2) is 91.0 Å². The summed E-state index contributed by atoms with van der Waals surface area (Å²) in [5, 5.41) is 50.6. The minimum absolute atomic E-state index is 0.181. The normalized spacial score (nSPS) is 9.60. The van der Waals surface area contributed by atoms with Crippen molar-refractivity contribution >= 4 is 17.9 Å². The molecule has 0 atom stereocenters. The van der Waals surface area contributed by atoms with Crippen molar-refractivity contribution in [2.24, 2.45) is 5.41 Å². The Morgan fingerprint density at radius 2 is 0.714 bits per heavy atom. The van der Waals surface area contributed by atoms with Crippen LogP contribution in [0.2, 0.25) is 0 Å². The first-order valence-electron chi connectivity index (χ1n) is 10.3. The van der Waals surface area contributed by atoms with Crippen LogP contribution in [-0.2, 0) is 0 Å². The molecule has 35 heavy (non-hydrogen) atoms. The second-order valence-electron chi connectivity index (χ2n) is 7.30. The van der Waals surface area contributed by atoms with Crippen molar-refractivity contribution in [3.63, 3.8) is 0 Å². The van der Waals surface area contributed by atoms with Crippen LogP contribution in [0.5, 0.6) is 0 Å². The molecule has 0 aliphatic carbocycles. The molecule has 0 aliphatic heterocycles. The van der Waals surface area contributed by atoms with Crippen LogP contribution < -0.4 is 0 Å². The number of aromatic carboxylic acids is 3. The van der Waals surface area contributed by atoms with Gasteiger partial charge in [-0.1, -0.05) is 61.5 Å². The van der Waals surface area contributed by atoms with Crippen LogP contribution in [0, 0.1) is 5.41 Å². The molecular formula is C26H30O9. The van der Waals surface area contributed by atoms with E-state index in [-0.39, 0.29) is 19.8 Å². The van der Waals surface area contributed by atoms with Crippen molar-refractivity contribution in [2.75, 3.05) is 19.8 Å². The van der Waals surface area contributed by atoms with Gasteiger partial charge in [0.1, 0.15) is 0 Å². The van der Waals surface area contributed by atoms with Crippen molar-refractivity contribution in [1.29, 1.82) is 0 Å². The van der Waals surface area contributed by atoms with Crippen LogP contribution in [0.25, 0.3) is 0 Å². The molecule has 0 spiro atoms. The van der Waals surface area contributed by atoms with Crippen molar-refractivity contribution in [1.82, 2.24) is 0 Å². The van der Waals surface area contributed by atoms with E-state index >= 15 is 0 Å². The highest BCUT2D eigenvalue weighted by Crippen LogP contribution is 2.11. The number of carboxylic acids is 3. The molecule has 3 aromatic rings. The van der Waals surface area contributed by atoms with E-state index in [9.17, 15) is 14.4 Å². The number of hydrogen-bond donors (Lipinski definition) is 6. The predicted molar refractivity (Wildman–Crippen MR) is 130 cm³/mol. The molecule has 6 N–H and O–H groups in total.